The molecule has 4 rings (SSSR count). The monoisotopic (exact) mass is 313 g/mol. The van der Waals surface area contributed by atoms with E-state index in [0.717, 1.165) is 6.54 Å². The number of anilines is 1. The summed E-state index contributed by atoms with van der Waals surface area (Å²) < 4.78 is 0. The van der Waals surface area contributed by atoms with Crippen LogP contribution in [0.1, 0.15) is 43.0 Å². The van der Waals surface area contributed by atoms with Crippen molar-refractivity contribution in [3.05, 3.63) is 76.9 Å². The van der Waals surface area contributed by atoms with Crippen molar-refractivity contribution in [3.8, 4) is 0 Å². The Morgan fingerprint density at radius 2 is 1.50 bits per heavy atom. The third kappa shape index (κ3) is 2.60. The molecule has 3 aromatic rings. The maximum atomic E-state index is 3.62. The SMILES string of the molecule is CC(C)(C)c1ccc(CNc2ccc3c4c(cccc24)C=C3)cc1. The average Bonchev–Trinajstić information content (AvgIpc) is 2.99. The molecule has 0 unspecified atom stereocenters. The third-order valence-electron chi connectivity index (χ3n) is 4.85. The molecule has 1 nitrogen and oxygen atoms in total. The molecule has 0 aliphatic heterocycles. The van der Waals surface area contributed by atoms with E-state index in [2.05, 4.69) is 92.8 Å². The molecular formula is C23H23N. The molecule has 1 aliphatic carbocycles. The zero-order valence-electron chi connectivity index (χ0n) is 14.6. The Labute approximate surface area is 144 Å². The molecule has 24 heavy (non-hydrogen) atoms. The summed E-state index contributed by atoms with van der Waals surface area (Å²) in [5.74, 6) is 0. The van der Waals surface area contributed by atoms with Crippen molar-refractivity contribution in [2.75, 3.05) is 5.32 Å². The van der Waals surface area contributed by atoms with E-state index in [-0.39, 0.29) is 5.41 Å². The van der Waals surface area contributed by atoms with Gasteiger partial charge in [0, 0.05) is 17.6 Å². The molecule has 0 saturated carbocycles. The first kappa shape index (κ1) is 15.0. The molecule has 1 N–H and O–H groups in total. The van der Waals surface area contributed by atoms with Crippen LogP contribution in [0.15, 0.2) is 54.6 Å². The minimum absolute atomic E-state index is 0.205. The summed E-state index contributed by atoms with van der Waals surface area (Å²) in [6, 6.07) is 19.9. The Morgan fingerprint density at radius 3 is 2.21 bits per heavy atom. The predicted molar refractivity (Wildman–Crippen MR) is 105 cm³/mol. The molecule has 0 bridgehead atoms. The van der Waals surface area contributed by atoms with E-state index in [1.807, 2.05) is 0 Å². The van der Waals surface area contributed by atoms with Crippen LogP contribution in [0.4, 0.5) is 5.69 Å². The minimum Gasteiger partial charge on any atom is -0.380 e. The molecule has 1 heteroatoms. The van der Waals surface area contributed by atoms with Crippen LogP contribution >= 0.6 is 0 Å². The molecule has 0 heterocycles. The maximum absolute atomic E-state index is 3.62. The number of hydrogen-bond donors (Lipinski definition) is 1. The fourth-order valence-electron chi connectivity index (χ4n) is 3.39. The lowest BCUT2D eigenvalue weighted by Gasteiger charge is -2.19. The second kappa shape index (κ2) is 5.52. The molecule has 0 aromatic heterocycles. The van der Waals surface area contributed by atoms with Gasteiger partial charge in [-0.2, -0.15) is 0 Å². The smallest absolute Gasteiger partial charge is 0.0423 e. The van der Waals surface area contributed by atoms with E-state index in [9.17, 15) is 0 Å². The van der Waals surface area contributed by atoms with Gasteiger partial charge in [0.1, 0.15) is 0 Å². The number of hydrogen-bond acceptors (Lipinski definition) is 1. The molecule has 0 saturated heterocycles. The Morgan fingerprint density at radius 1 is 0.792 bits per heavy atom. The average molecular weight is 313 g/mol. The summed E-state index contributed by atoms with van der Waals surface area (Å²) in [5, 5.41) is 6.29. The van der Waals surface area contributed by atoms with Gasteiger partial charge in [-0.25, -0.2) is 0 Å². The van der Waals surface area contributed by atoms with Crippen LogP contribution in [-0.4, -0.2) is 0 Å². The molecule has 0 atom stereocenters. The van der Waals surface area contributed by atoms with Crippen LogP contribution in [-0.2, 0) is 12.0 Å². The fraction of sp³-hybridized carbons (Fsp3) is 0.217. The lowest BCUT2D eigenvalue weighted by molar-refractivity contribution is 0.590. The van der Waals surface area contributed by atoms with Crippen molar-refractivity contribution in [2.45, 2.75) is 32.7 Å². The summed E-state index contributed by atoms with van der Waals surface area (Å²) in [6.07, 6.45) is 4.40. The number of benzene rings is 3. The topological polar surface area (TPSA) is 12.0 Å². The van der Waals surface area contributed by atoms with E-state index < -0.39 is 0 Å². The maximum Gasteiger partial charge on any atom is 0.0423 e. The van der Waals surface area contributed by atoms with Crippen LogP contribution in [0.2, 0.25) is 0 Å². The van der Waals surface area contributed by atoms with Crippen molar-refractivity contribution < 1.29 is 0 Å². The van der Waals surface area contributed by atoms with Gasteiger partial charge < -0.3 is 5.32 Å². The first-order valence-electron chi connectivity index (χ1n) is 8.59. The first-order valence-corrected chi connectivity index (χ1v) is 8.59. The number of nitrogens with one attached hydrogen (secondary N) is 1. The van der Waals surface area contributed by atoms with E-state index in [1.165, 1.54) is 38.7 Å². The van der Waals surface area contributed by atoms with E-state index in [0.29, 0.717) is 0 Å². The highest BCUT2D eigenvalue weighted by molar-refractivity contribution is 6.09. The van der Waals surface area contributed by atoms with E-state index >= 15 is 0 Å². The highest BCUT2D eigenvalue weighted by atomic mass is 14.9. The molecule has 0 fully saturated rings. The minimum atomic E-state index is 0.205. The largest absolute Gasteiger partial charge is 0.380 e. The second-order valence-corrected chi connectivity index (χ2v) is 7.61. The Balaban J connectivity index is 1.58. The lowest BCUT2D eigenvalue weighted by Crippen LogP contribution is -2.11. The van der Waals surface area contributed by atoms with E-state index in [1.54, 1.807) is 0 Å². The molecule has 120 valence electrons. The summed E-state index contributed by atoms with van der Waals surface area (Å²) in [5.41, 5.74) is 6.74. The standard InChI is InChI=1S/C23H23N/c1-23(2,3)19-12-7-16(8-13-19)15-24-21-14-11-18-10-9-17-5-4-6-20(21)22(17)18/h4-14,24H,15H2,1-3H3. The van der Waals surface area contributed by atoms with Gasteiger partial charge in [0.05, 0.1) is 0 Å². The zero-order chi connectivity index (χ0) is 16.7. The van der Waals surface area contributed by atoms with Gasteiger partial charge in [0.2, 0.25) is 0 Å². The Bertz CT molecular complexity index is 912. The van der Waals surface area contributed by atoms with Crippen LogP contribution in [0.25, 0.3) is 22.9 Å². The van der Waals surface area contributed by atoms with Crippen LogP contribution in [0.3, 0.4) is 0 Å². The second-order valence-electron chi connectivity index (χ2n) is 7.61. The van der Waals surface area contributed by atoms with Crippen LogP contribution in [0, 0.1) is 0 Å². The van der Waals surface area contributed by atoms with Gasteiger partial charge in [0.25, 0.3) is 0 Å². The molecular weight excluding hydrogens is 290 g/mol. The Kier molecular flexibility index (Phi) is 3.45. The van der Waals surface area contributed by atoms with Crippen molar-refractivity contribution in [1.29, 1.82) is 0 Å². The van der Waals surface area contributed by atoms with E-state index in [4.69, 9.17) is 0 Å². The summed E-state index contributed by atoms with van der Waals surface area (Å²) in [6.45, 7) is 7.60. The summed E-state index contributed by atoms with van der Waals surface area (Å²) >= 11 is 0. The highest BCUT2D eigenvalue weighted by Gasteiger charge is 2.13. The zero-order valence-corrected chi connectivity index (χ0v) is 14.6. The third-order valence-corrected chi connectivity index (χ3v) is 4.85. The van der Waals surface area contributed by atoms with Gasteiger partial charge in [-0.3, -0.25) is 0 Å². The van der Waals surface area contributed by atoms with Crippen LogP contribution < -0.4 is 5.32 Å². The Hall–Kier alpha value is -2.54. The molecule has 0 radical (unpaired) electrons. The van der Waals surface area contributed by atoms with Crippen LogP contribution in [0.5, 0.6) is 0 Å². The molecule has 0 spiro atoms. The molecule has 1 aliphatic rings. The van der Waals surface area contributed by atoms with Gasteiger partial charge in [-0.15, -0.1) is 0 Å². The normalized spacial score (nSPS) is 12.8. The summed E-state index contributed by atoms with van der Waals surface area (Å²) in [4.78, 5) is 0. The van der Waals surface area contributed by atoms with Gasteiger partial charge in [-0.1, -0.05) is 81.5 Å². The van der Waals surface area contributed by atoms with Crippen molar-refractivity contribution >= 4 is 28.6 Å². The van der Waals surface area contributed by atoms with Crippen molar-refractivity contribution in [3.63, 3.8) is 0 Å². The first-order chi connectivity index (χ1) is 11.5. The lowest BCUT2D eigenvalue weighted by atomic mass is 9.87. The van der Waals surface area contributed by atoms with Crippen molar-refractivity contribution in [1.82, 2.24) is 0 Å². The van der Waals surface area contributed by atoms with Gasteiger partial charge in [-0.05, 0) is 39.1 Å². The van der Waals surface area contributed by atoms with Gasteiger partial charge >= 0.3 is 0 Å². The summed E-state index contributed by atoms with van der Waals surface area (Å²) in [7, 11) is 0. The predicted octanol–water partition coefficient (Wildman–Crippen LogP) is 6.23. The van der Waals surface area contributed by atoms with Gasteiger partial charge in [0.15, 0.2) is 0 Å². The highest BCUT2D eigenvalue weighted by Crippen LogP contribution is 2.35. The molecule has 0 amide bonds. The number of rotatable bonds is 3. The molecule has 3 aromatic carbocycles. The fourth-order valence-corrected chi connectivity index (χ4v) is 3.39. The van der Waals surface area contributed by atoms with Crippen molar-refractivity contribution in [2.24, 2.45) is 0 Å². The quantitative estimate of drug-likeness (QED) is 0.472.